The summed E-state index contributed by atoms with van der Waals surface area (Å²) in [4.78, 5) is 12.1. The maximum atomic E-state index is 12.1. The van der Waals surface area contributed by atoms with Gasteiger partial charge < -0.3 is 0 Å². The SMILES string of the molecule is CC[C@H]1CC=C[C@H](C)C12CCCC2=O. The van der Waals surface area contributed by atoms with Crippen molar-refractivity contribution in [1.82, 2.24) is 0 Å². The highest BCUT2D eigenvalue weighted by molar-refractivity contribution is 5.87. The summed E-state index contributed by atoms with van der Waals surface area (Å²) in [7, 11) is 0. The lowest BCUT2D eigenvalue weighted by Crippen LogP contribution is -2.41. The van der Waals surface area contributed by atoms with Crippen LogP contribution in [0, 0.1) is 17.3 Å². The average molecular weight is 192 g/mol. The predicted octanol–water partition coefficient (Wildman–Crippen LogP) is 3.35. The molecule has 1 unspecified atom stereocenters. The maximum Gasteiger partial charge on any atom is 0.139 e. The Morgan fingerprint density at radius 3 is 2.93 bits per heavy atom. The lowest BCUT2D eigenvalue weighted by molar-refractivity contribution is -0.131. The van der Waals surface area contributed by atoms with Crippen LogP contribution in [0.25, 0.3) is 0 Å². The first-order valence-electron chi connectivity index (χ1n) is 5.91. The fourth-order valence-corrected chi connectivity index (χ4v) is 3.56. The molecule has 0 heterocycles. The third-order valence-electron chi connectivity index (χ3n) is 4.39. The van der Waals surface area contributed by atoms with Crippen molar-refractivity contribution in [2.75, 3.05) is 0 Å². The summed E-state index contributed by atoms with van der Waals surface area (Å²) >= 11 is 0. The summed E-state index contributed by atoms with van der Waals surface area (Å²) in [6, 6.07) is 0. The molecule has 0 N–H and O–H groups in total. The van der Waals surface area contributed by atoms with E-state index in [1.807, 2.05) is 0 Å². The van der Waals surface area contributed by atoms with Crippen molar-refractivity contribution >= 4 is 5.78 Å². The number of hydrogen-bond acceptors (Lipinski definition) is 1. The minimum Gasteiger partial charge on any atom is -0.299 e. The van der Waals surface area contributed by atoms with E-state index in [-0.39, 0.29) is 5.41 Å². The molecule has 0 aromatic rings. The molecule has 1 heteroatoms. The standard InChI is InChI=1S/C13H20O/c1-3-11-7-4-6-10(2)13(11)9-5-8-12(13)14/h4,6,10-11H,3,5,7-9H2,1-2H3/t10-,11-,13?/m0/s1. The molecule has 14 heavy (non-hydrogen) atoms. The molecule has 2 rings (SSSR count). The van der Waals surface area contributed by atoms with Gasteiger partial charge in [0.05, 0.1) is 0 Å². The first-order valence-corrected chi connectivity index (χ1v) is 5.91. The van der Waals surface area contributed by atoms with Gasteiger partial charge in [-0.15, -0.1) is 0 Å². The predicted molar refractivity (Wildman–Crippen MR) is 58.0 cm³/mol. The molecule has 2 aliphatic carbocycles. The van der Waals surface area contributed by atoms with Gasteiger partial charge >= 0.3 is 0 Å². The molecule has 0 amide bonds. The van der Waals surface area contributed by atoms with Gasteiger partial charge in [0.1, 0.15) is 5.78 Å². The van der Waals surface area contributed by atoms with Crippen LogP contribution in [0.2, 0.25) is 0 Å². The number of Topliss-reactive ketones (excluding diaryl/α,β-unsaturated/α-hetero) is 1. The van der Waals surface area contributed by atoms with E-state index in [1.54, 1.807) is 0 Å². The zero-order chi connectivity index (χ0) is 10.2. The van der Waals surface area contributed by atoms with Crippen LogP contribution in [0.15, 0.2) is 12.2 Å². The summed E-state index contributed by atoms with van der Waals surface area (Å²) in [6.45, 7) is 4.45. The first kappa shape index (κ1) is 9.95. The second-order valence-corrected chi connectivity index (χ2v) is 4.87. The van der Waals surface area contributed by atoms with Gasteiger partial charge in [-0.2, -0.15) is 0 Å². The van der Waals surface area contributed by atoms with Crippen molar-refractivity contribution < 1.29 is 4.79 Å². The molecule has 1 fully saturated rings. The Morgan fingerprint density at radius 2 is 2.36 bits per heavy atom. The van der Waals surface area contributed by atoms with Crippen LogP contribution >= 0.6 is 0 Å². The third-order valence-corrected chi connectivity index (χ3v) is 4.39. The van der Waals surface area contributed by atoms with E-state index in [4.69, 9.17) is 0 Å². The summed E-state index contributed by atoms with van der Waals surface area (Å²) < 4.78 is 0. The van der Waals surface area contributed by atoms with Crippen molar-refractivity contribution in [3.8, 4) is 0 Å². The quantitative estimate of drug-likeness (QED) is 0.582. The van der Waals surface area contributed by atoms with E-state index in [1.165, 1.54) is 0 Å². The molecule has 3 atom stereocenters. The Hall–Kier alpha value is -0.590. The number of allylic oxidation sites excluding steroid dienone is 2. The summed E-state index contributed by atoms with van der Waals surface area (Å²) in [5, 5.41) is 0. The van der Waals surface area contributed by atoms with Crippen molar-refractivity contribution in [3.05, 3.63) is 12.2 Å². The van der Waals surface area contributed by atoms with Gasteiger partial charge in [-0.1, -0.05) is 32.4 Å². The topological polar surface area (TPSA) is 17.1 Å². The van der Waals surface area contributed by atoms with Crippen LogP contribution in [-0.4, -0.2) is 5.78 Å². The number of rotatable bonds is 1. The van der Waals surface area contributed by atoms with Crippen LogP contribution in [0.5, 0.6) is 0 Å². The summed E-state index contributed by atoms with van der Waals surface area (Å²) in [5.74, 6) is 1.62. The van der Waals surface area contributed by atoms with Gasteiger partial charge in [0.25, 0.3) is 0 Å². The fraction of sp³-hybridized carbons (Fsp3) is 0.769. The maximum absolute atomic E-state index is 12.1. The Morgan fingerprint density at radius 1 is 1.57 bits per heavy atom. The fourth-order valence-electron chi connectivity index (χ4n) is 3.56. The lowest BCUT2D eigenvalue weighted by Gasteiger charge is -2.42. The molecule has 1 spiro atoms. The highest BCUT2D eigenvalue weighted by Crippen LogP contribution is 2.52. The third kappa shape index (κ3) is 1.18. The Kier molecular flexibility index (Phi) is 2.50. The van der Waals surface area contributed by atoms with Gasteiger partial charge in [0.15, 0.2) is 0 Å². The largest absolute Gasteiger partial charge is 0.299 e. The molecule has 0 bridgehead atoms. The molecule has 1 nitrogen and oxygen atoms in total. The van der Waals surface area contributed by atoms with Gasteiger partial charge in [0.2, 0.25) is 0 Å². The average Bonchev–Trinajstić information content (AvgIpc) is 2.55. The molecule has 78 valence electrons. The Bertz CT molecular complexity index is 266. The number of hydrogen-bond donors (Lipinski definition) is 0. The zero-order valence-corrected chi connectivity index (χ0v) is 9.25. The number of ketones is 1. The summed E-state index contributed by atoms with van der Waals surface area (Å²) in [5.41, 5.74) is 0.0312. The van der Waals surface area contributed by atoms with E-state index in [0.29, 0.717) is 17.6 Å². The first-order chi connectivity index (χ1) is 6.71. The normalized spacial score (nSPS) is 42.3. The molecule has 0 radical (unpaired) electrons. The minimum atomic E-state index is 0.0312. The second-order valence-electron chi connectivity index (χ2n) is 4.87. The van der Waals surface area contributed by atoms with Crippen LogP contribution < -0.4 is 0 Å². The molecule has 0 aliphatic heterocycles. The lowest BCUT2D eigenvalue weighted by atomic mass is 9.61. The molecule has 0 aromatic carbocycles. The van der Waals surface area contributed by atoms with Crippen LogP contribution in [0.3, 0.4) is 0 Å². The van der Waals surface area contributed by atoms with Gasteiger partial charge in [0, 0.05) is 11.8 Å². The van der Waals surface area contributed by atoms with Crippen molar-refractivity contribution in [1.29, 1.82) is 0 Å². The molecule has 0 aromatic heterocycles. The van der Waals surface area contributed by atoms with E-state index in [9.17, 15) is 4.79 Å². The van der Waals surface area contributed by atoms with Gasteiger partial charge in [-0.3, -0.25) is 4.79 Å². The van der Waals surface area contributed by atoms with Gasteiger partial charge in [-0.05, 0) is 31.1 Å². The van der Waals surface area contributed by atoms with Crippen LogP contribution in [0.4, 0.5) is 0 Å². The van der Waals surface area contributed by atoms with E-state index < -0.39 is 0 Å². The molecular formula is C13H20O. The van der Waals surface area contributed by atoms with Crippen molar-refractivity contribution in [2.45, 2.75) is 46.0 Å². The van der Waals surface area contributed by atoms with E-state index in [0.717, 1.165) is 32.1 Å². The molecule has 2 aliphatic rings. The van der Waals surface area contributed by atoms with Crippen LogP contribution in [0.1, 0.15) is 46.0 Å². The second kappa shape index (κ2) is 3.52. The molecule has 1 saturated carbocycles. The van der Waals surface area contributed by atoms with Crippen LogP contribution in [-0.2, 0) is 4.79 Å². The minimum absolute atomic E-state index is 0.0312. The Labute approximate surface area is 86.6 Å². The molecular weight excluding hydrogens is 172 g/mol. The Balaban J connectivity index is 2.36. The monoisotopic (exact) mass is 192 g/mol. The van der Waals surface area contributed by atoms with E-state index in [2.05, 4.69) is 26.0 Å². The van der Waals surface area contributed by atoms with Gasteiger partial charge in [-0.25, -0.2) is 0 Å². The highest BCUT2D eigenvalue weighted by Gasteiger charge is 2.50. The number of carbonyl (C=O) groups excluding carboxylic acids is 1. The summed E-state index contributed by atoms with van der Waals surface area (Å²) in [6.07, 6.45) is 9.89. The smallest absolute Gasteiger partial charge is 0.139 e. The number of carbonyl (C=O) groups is 1. The van der Waals surface area contributed by atoms with E-state index >= 15 is 0 Å². The van der Waals surface area contributed by atoms with Crippen molar-refractivity contribution in [3.63, 3.8) is 0 Å². The highest BCUT2D eigenvalue weighted by atomic mass is 16.1. The zero-order valence-electron chi connectivity index (χ0n) is 9.25. The van der Waals surface area contributed by atoms with Crippen molar-refractivity contribution in [2.24, 2.45) is 17.3 Å². The molecule has 0 saturated heterocycles.